The molecular formula is C27H35N5O4. The van der Waals surface area contributed by atoms with Gasteiger partial charge in [-0.15, -0.1) is 0 Å². The van der Waals surface area contributed by atoms with Crippen molar-refractivity contribution in [2.45, 2.75) is 58.4 Å². The Morgan fingerprint density at radius 3 is 2.56 bits per heavy atom. The lowest BCUT2D eigenvalue weighted by Gasteiger charge is -2.22. The van der Waals surface area contributed by atoms with Crippen LogP contribution in [0.3, 0.4) is 0 Å². The summed E-state index contributed by atoms with van der Waals surface area (Å²) < 4.78 is 7.06. The number of nitrogens with zero attached hydrogens (tertiary/aromatic N) is 3. The summed E-state index contributed by atoms with van der Waals surface area (Å²) in [6.45, 7) is 5.61. The number of hydrogen-bond acceptors (Lipinski definition) is 5. The van der Waals surface area contributed by atoms with Gasteiger partial charge in [0.05, 0.1) is 18.1 Å². The molecule has 36 heavy (non-hydrogen) atoms. The van der Waals surface area contributed by atoms with Crippen LogP contribution in [-0.2, 0) is 6.42 Å². The predicted octanol–water partition coefficient (Wildman–Crippen LogP) is 3.69. The van der Waals surface area contributed by atoms with Crippen molar-refractivity contribution in [3.05, 3.63) is 57.8 Å². The van der Waals surface area contributed by atoms with Gasteiger partial charge < -0.3 is 24.5 Å². The van der Waals surface area contributed by atoms with Crippen LogP contribution in [0, 0.1) is 0 Å². The highest BCUT2D eigenvalue weighted by Crippen LogP contribution is 2.19. The Bertz CT molecular complexity index is 1290. The molecule has 2 N–H and O–H groups in total. The van der Waals surface area contributed by atoms with E-state index in [4.69, 9.17) is 4.74 Å². The molecule has 3 heterocycles. The molecule has 9 heteroatoms. The standard InChI is InChI=1S/C27H35N5O4/c1-4-18(2)32-16-20(25(33)21(17-32)27(35)31-13-7-5-6-8-14-31)26(34)28-12-11-24-29-22-10-9-19(36-3)15-23(22)30-24/h9-10,15-18H,4-8,11-14H2,1-3H3,(H,28,34)(H,29,30)/t18-/m1/s1. The second-order valence-corrected chi connectivity index (χ2v) is 9.40. The summed E-state index contributed by atoms with van der Waals surface area (Å²) in [6.07, 6.45) is 8.48. The molecule has 1 atom stereocenters. The Hall–Kier alpha value is -3.62. The smallest absolute Gasteiger partial charge is 0.259 e. The number of aromatic nitrogens is 3. The van der Waals surface area contributed by atoms with Gasteiger partial charge in [-0.1, -0.05) is 19.8 Å². The molecule has 1 fully saturated rings. The number of rotatable bonds is 8. The summed E-state index contributed by atoms with van der Waals surface area (Å²) in [7, 11) is 1.61. The van der Waals surface area contributed by atoms with Gasteiger partial charge >= 0.3 is 0 Å². The van der Waals surface area contributed by atoms with Crippen molar-refractivity contribution in [1.82, 2.24) is 24.8 Å². The molecule has 0 saturated carbocycles. The van der Waals surface area contributed by atoms with Crippen LogP contribution in [0.5, 0.6) is 5.75 Å². The van der Waals surface area contributed by atoms with Crippen LogP contribution < -0.4 is 15.5 Å². The number of carbonyl (C=O) groups excluding carboxylic acids is 2. The topological polar surface area (TPSA) is 109 Å². The molecule has 1 aliphatic heterocycles. The summed E-state index contributed by atoms with van der Waals surface area (Å²) in [5.41, 5.74) is 1.21. The van der Waals surface area contributed by atoms with Crippen LogP contribution >= 0.6 is 0 Å². The normalized spacial score (nSPS) is 14.9. The molecule has 0 aliphatic carbocycles. The number of benzene rings is 1. The first kappa shape index (κ1) is 25.5. The third-order valence-electron chi connectivity index (χ3n) is 6.90. The van der Waals surface area contributed by atoms with Crippen LogP contribution in [0.15, 0.2) is 35.4 Å². The second-order valence-electron chi connectivity index (χ2n) is 9.40. The number of fused-ring (bicyclic) bond motifs is 1. The fourth-order valence-electron chi connectivity index (χ4n) is 4.50. The van der Waals surface area contributed by atoms with Crippen molar-refractivity contribution in [1.29, 1.82) is 0 Å². The van der Waals surface area contributed by atoms with E-state index in [-0.39, 0.29) is 23.1 Å². The number of aromatic amines is 1. The zero-order valence-corrected chi connectivity index (χ0v) is 21.3. The minimum Gasteiger partial charge on any atom is -0.497 e. The summed E-state index contributed by atoms with van der Waals surface area (Å²) >= 11 is 0. The maximum absolute atomic E-state index is 13.3. The zero-order valence-electron chi connectivity index (χ0n) is 21.3. The van der Waals surface area contributed by atoms with E-state index < -0.39 is 11.3 Å². The molecule has 4 rings (SSSR count). The fraction of sp³-hybridized carbons (Fsp3) is 0.481. The highest BCUT2D eigenvalue weighted by Gasteiger charge is 2.24. The van der Waals surface area contributed by atoms with Crippen molar-refractivity contribution in [2.75, 3.05) is 26.7 Å². The largest absolute Gasteiger partial charge is 0.497 e. The first-order chi connectivity index (χ1) is 17.4. The van der Waals surface area contributed by atoms with E-state index in [1.165, 1.54) is 0 Å². The summed E-state index contributed by atoms with van der Waals surface area (Å²) in [6, 6.07) is 5.63. The highest BCUT2D eigenvalue weighted by atomic mass is 16.5. The van der Waals surface area contributed by atoms with Crippen molar-refractivity contribution < 1.29 is 14.3 Å². The SMILES string of the molecule is CC[C@@H](C)n1cc(C(=O)NCCc2nc3ccc(OC)cc3[nH]2)c(=O)c(C(=O)N2CCCCCC2)c1. The number of pyridine rings is 1. The van der Waals surface area contributed by atoms with Gasteiger partial charge in [0, 0.05) is 50.6 Å². The molecule has 192 valence electrons. The molecule has 2 aromatic heterocycles. The van der Waals surface area contributed by atoms with Gasteiger partial charge in [0.15, 0.2) is 0 Å². The van der Waals surface area contributed by atoms with Crippen LogP contribution in [-0.4, -0.2) is 58.0 Å². The van der Waals surface area contributed by atoms with E-state index in [2.05, 4.69) is 15.3 Å². The van der Waals surface area contributed by atoms with Crippen LogP contribution in [0.1, 0.15) is 78.5 Å². The highest BCUT2D eigenvalue weighted by molar-refractivity contribution is 5.99. The molecule has 0 radical (unpaired) electrons. The van der Waals surface area contributed by atoms with Crippen LogP contribution in [0.25, 0.3) is 11.0 Å². The van der Waals surface area contributed by atoms with Crippen LogP contribution in [0.4, 0.5) is 0 Å². The van der Waals surface area contributed by atoms with Gasteiger partial charge in [0.25, 0.3) is 11.8 Å². The van der Waals surface area contributed by atoms with Gasteiger partial charge in [-0.2, -0.15) is 0 Å². The Labute approximate surface area is 210 Å². The number of ether oxygens (including phenoxy) is 1. The minimum absolute atomic E-state index is 0.00897. The van der Waals surface area contributed by atoms with E-state index >= 15 is 0 Å². The van der Waals surface area contributed by atoms with Crippen molar-refractivity contribution in [2.24, 2.45) is 0 Å². The molecule has 3 aromatic rings. The first-order valence-electron chi connectivity index (χ1n) is 12.8. The number of nitrogens with one attached hydrogen (secondary N) is 2. The number of hydrogen-bond donors (Lipinski definition) is 2. The van der Waals surface area contributed by atoms with Gasteiger partial charge in [-0.25, -0.2) is 4.98 Å². The molecule has 2 amide bonds. The van der Waals surface area contributed by atoms with E-state index in [9.17, 15) is 14.4 Å². The summed E-state index contributed by atoms with van der Waals surface area (Å²) in [4.78, 5) is 49.2. The fourth-order valence-corrected chi connectivity index (χ4v) is 4.50. The zero-order chi connectivity index (χ0) is 25.7. The lowest BCUT2D eigenvalue weighted by Crippen LogP contribution is -2.38. The first-order valence-corrected chi connectivity index (χ1v) is 12.8. The third kappa shape index (κ3) is 5.61. The quantitative estimate of drug-likeness (QED) is 0.497. The number of amides is 2. The van der Waals surface area contributed by atoms with Gasteiger partial charge in [-0.3, -0.25) is 14.4 Å². The number of methoxy groups -OCH3 is 1. The summed E-state index contributed by atoms with van der Waals surface area (Å²) in [5, 5.41) is 2.83. The Kier molecular flexibility index (Phi) is 8.07. The van der Waals surface area contributed by atoms with E-state index in [0.717, 1.165) is 54.7 Å². The van der Waals surface area contributed by atoms with Crippen molar-refractivity contribution >= 4 is 22.8 Å². The number of likely N-dealkylation sites (tertiary alicyclic amines) is 1. The lowest BCUT2D eigenvalue weighted by molar-refractivity contribution is 0.0759. The average Bonchev–Trinajstić information content (AvgIpc) is 3.09. The number of carbonyl (C=O) groups is 2. The molecular weight excluding hydrogens is 458 g/mol. The molecule has 1 aliphatic rings. The maximum atomic E-state index is 13.3. The summed E-state index contributed by atoms with van der Waals surface area (Å²) in [5.74, 6) is 0.686. The molecule has 1 aromatic carbocycles. The lowest BCUT2D eigenvalue weighted by atomic mass is 10.1. The second kappa shape index (κ2) is 11.4. The average molecular weight is 494 g/mol. The van der Waals surface area contributed by atoms with E-state index in [0.29, 0.717) is 26.1 Å². The molecule has 0 unspecified atom stereocenters. The Morgan fingerprint density at radius 2 is 1.86 bits per heavy atom. The van der Waals surface area contributed by atoms with Gasteiger partial charge in [0.2, 0.25) is 5.43 Å². The van der Waals surface area contributed by atoms with Gasteiger partial charge in [-0.05, 0) is 38.3 Å². The van der Waals surface area contributed by atoms with Crippen molar-refractivity contribution in [3.8, 4) is 5.75 Å². The third-order valence-corrected chi connectivity index (χ3v) is 6.90. The van der Waals surface area contributed by atoms with E-state index in [1.807, 2.05) is 36.6 Å². The maximum Gasteiger partial charge on any atom is 0.259 e. The number of H-pyrrole nitrogens is 1. The monoisotopic (exact) mass is 493 g/mol. The predicted molar refractivity (Wildman–Crippen MR) is 139 cm³/mol. The minimum atomic E-state index is -0.517. The molecule has 1 saturated heterocycles. The molecule has 0 bridgehead atoms. The Morgan fingerprint density at radius 1 is 1.14 bits per heavy atom. The molecule has 9 nitrogen and oxygen atoms in total. The van der Waals surface area contributed by atoms with Crippen LogP contribution in [0.2, 0.25) is 0 Å². The van der Waals surface area contributed by atoms with Crippen molar-refractivity contribution in [3.63, 3.8) is 0 Å². The number of imidazole rings is 1. The van der Waals surface area contributed by atoms with E-state index in [1.54, 1.807) is 24.4 Å². The van der Waals surface area contributed by atoms with Gasteiger partial charge in [0.1, 0.15) is 22.7 Å². The molecule has 0 spiro atoms. The Balaban J connectivity index is 1.52.